The lowest BCUT2D eigenvalue weighted by Gasteiger charge is -2.13. The summed E-state index contributed by atoms with van der Waals surface area (Å²) in [4.78, 5) is 4.30. The van der Waals surface area contributed by atoms with Crippen LogP contribution in [0.4, 0.5) is 0 Å². The van der Waals surface area contributed by atoms with Gasteiger partial charge in [0.2, 0.25) is 0 Å². The molecule has 2 fully saturated rings. The summed E-state index contributed by atoms with van der Waals surface area (Å²) < 4.78 is 2.36. The number of hydrogen-bond donors (Lipinski definition) is 1. The van der Waals surface area contributed by atoms with Crippen LogP contribution < -0.4 is 5.32 Å². The largest absolute Gasteiger partial charge is 0.333 e. The molecule has 0 bridgehead atoms. The summed E-state index contributed by atoms with van der Waals surface area (Å²) in [6, 6.07) is 0.557. The maximum Gasteiger partial charge on any atom is 0.0948 e. The number of hydrogen-bond acceptors (Lipinski definition) is 2. The van der Waals surface area contributed by atoms with E-state index in [4.69, 9.17) is 0 Å². The minimum absolute atomic E-state index is 0.557. The van der Waals surface area contributed by atoms with Gasteiger partial charge in [-0.15, -0.1) is 0 Å². The highest BCUT2D eigenvalue weighted by atomic mass is 15.1. The van der Waals surface area contributed by atoms with E-state index in [9.17, 15) is 0 Å². The van der Waals surface area contributed by atoms with E-state index in [-0.39, 0.29) is 0 Å². The van der Waals surface area contributed by atoms with Gasteiger partial charge in [0.1, 0.15) is 0 Å². The summed E-state index contributed by atoms with van der Waals surface area (Å²) >= 11 is 0. The molecule has 1 aliphatic heterocycles. The maximum absolute atomic E-state index is 4.30. The summed E-state index contributed by atoms with van der Waals surface area (Å²) in [5.74, 6) is 1.83. The molecule has 1 saturated carbocycles. The first-order valence-corrected chi connectivity index (χ1v) is 6.08. The molecule has 1 aromatic heterocycles. The molecule has 1 aromatic rings. The predicted octanol–water partition coefficient (Wildman–Crippen LogP) is 1.96. The van der Waals surface area contributed by atoms with Crippen LogP contribution in [0.1, 0.15) is 37.9 Å². The zero-order chi connectivity index (χ0) is 10.3. The molecule has 3 nitrogen and oxygen atoms in total. The van der Waals surface area contributed by atoms with Crippen molar-refractivity contribution < 1.29 is 0 Å². The third kappa shape index (κ3) is 1.81. The molecule has 3 rings (SSSR count). The second-order valence-electron chi connectivity index (χ2n) is 5.09. The Kier molecular flexibility index (Phi) is 2.28. The van der Waals surface area contributed by atoms with Crippen LogP contribution in [0.2, 0.25) is 0 Å². The van der Waals surface area contributed by atoms with E-state index < -0.39 is 0 Å². The average molecular weight is 205 g/mol. The Labute approximate surface area is 90.9 Å². The number of rotatable bonds is 3. The second-order valence-corrected chi connectivity index (χ2v) is 5.09. The Hall–Kier alpha value is -0.830. The predicted molar refractivity (Wildman–Crippen MR) is 59.5 cm³/mol. The zero-order valence-corrected chi connectivity index (χ0v) is 9.32. The SMILES string of the molecule is CC1CC1Cn1cncc1[C@@H]1CCCN1. The van der Waals surface area contributed by atoms with Gasteiger partial charge in [-0.2, -0.15) is 0 Å². The fourth-order valence-electron chi connectivity index (χ4n) is 2.62. The highest BCUT2D eigenvalue weighted by Crippen LogP contribution is 2.39. The van der Waals surface area contributed by atoms with E-state index in [1.807, 2.05) is 12.5 Å². The maximum atomic E-state index is 4.30. The Balaban J connectivity index is 1.73. The quantitative estimate of drug-likeness (QED) is 0.817. The van der Waals surface area contributed by atoms with E-state index in [0.717, 1.165) is 18.4 Å². The molecule has 1 N–H and O–H groups in total. The zero-order valence-electron chi connectivity index (χ0n) is 9.32. The minimum Gasteiger partial charge on any atom is -0.333 e. The van der Waals surface area contributed by atoms with Crippen molar-refractivity contribution in [2.45, 2.75) is 38.8 Å². The van der Waals surface area contributed by atoms with Gasteiger partial charge in [0.25, 0.3) is 0 Å². The molecule has 0 radical (unpaired) electrons. The highest BCUT2D eigenvalue weighted by Gasteiger charge is 2.33. The molecule has 1 aliphatic carbocycles. The Morgan fingerprint density at radius 2 is 2.47 bits per heavy atom. The highest BCUT2D eigenvalue weighted by molar-refractivity contribution is 5.07. The number of imidazole rings is 1. The molecule has 15 heavy (non-hydrogen) atoms. The summed E-state index contributed by atoms with van der Waals surface area (Å²) in [6.07, 6.45) is 8.01. The van der Waals surface area contributed by atoms with Gasteiger partial charge in [0, 0.05) is 18.8 Å². The molecule has 0 amide bonds. The van der Waals surface area contributed by atoms with Crippen molar-refractivity contribution >= 4 is 0 Å². The summed E-state index contributed by atoms with van der Waals surface area (Å²) in [6.45, 7) is 4.68. The molecule has 3 atom stereocenters. The van der Waals surface area contributed by atoms with Gasteiger partial charge in [-0.1, -0.05) is 6.92 Å². The third-order valence-electron chi connectivity index (χ3n) is 3.87. The van der Waals surface area contributed by atoms with Crippen LogP contribution in [-0.2, 0) is 6.54 Å². The Bertz CT molecular complexity index is 338. The summed E-state index contributed by atoms with van der Waals surface area (Å²) in [5, 5.41) is 3.54. The summed E-state index contributed by atoms with van der Waals surface area (Å²) in [7, 11) is 0. The molecule has 0 aromatic carbocycles. The average Bonchev–Trinajstić information content (AvgIpc) is 2.72. The first-order chi connectivity index (χ1) is 7.34. The van der Waals surface area contributed by atoms with Gasteiger partial charge in [0.15, 0.2) is 0 Å². The van der Waals surface area contributed by atoms with Crippen molar-refractivity contribution in [2.75, 3.05) is 6.54 Å². The van der Waals surface area contributed by atoms with Gasteiger partial charge >= 0.3 is 0 Å². The van der Waals surface area contributed by atoms with Crippen molar-refractivity contribution in [1.82, 2.24) is 14.9 Å². The van der Waals surface area contributed by atoms with Crippen molar-refractivity contribution in [1.29, 1.82) is 0 Å². The van der Waals surface area contributed by atoms with Gasteiger partial charge in [-0.3, -0.25) is 0 Å². The van der Waals surface area contributed by atoms with Gasteiger partial charge < -0.3 is 9.88 Å². The summed E-state index contributed by atoms with van der Waals surface area (Å²) in [5.41, 5.74) is 1.40. The lowest BCUT2D eigenvalue weighted by molar-refractivity contribution is 0.526. The first kappa shape index (κ1) is 9.40. The lowest BCUT2D eigenvalue weighted by atomic mass is 10.1. The molecule has 82 valence electrons. The van der Waals surface area contributed by atoms with Gasteiger partial charge in [-0.25, -0.2) is 4.98 Å². The van der Waals surface area contributed by atoms with Crippen LogP contribution in [0.15, 0.2) is 12.5 Å². The minimum atomic E-state index is 0.557. The molecule has 1 saturated heterocycles. The second kappa shape index (κ2) is 3.63. The standard InChI is InChI=1S/C12H19N3/c1-9-5-10(9)7-15-8-13-6-12(15)11-3-2-4-14-11/h6,8-11,14H,2-5,7H2,1H3/t9?,10?,11-/m0/s1. The van der Waals surface area contributed by atoms with Crippen LogP contribution in [0, 0.1) is 11.8 Å². The normalized spacial score (nSPS) is 34.6. The number of nitrogens with zero attached hydrogens (tertiary/aromatic N) is 2. The molecule has 2 aliphatic rings. The molecule has 2 heterocycles. The van der Waals surface area contributed by atoms with E-state index in [0.29, 0.717) is 6.04 Å². The third-order valence-corrected chi connectivity index (χ3v) is 3.87. The molecule has 0 spiro atoms. The van der Waals surface area contributed by atoms with Crippen molar-refractivity contribution in [2.24, 2.45) is 11.8 Å². The van der Waals surface area contributed by atoms with Crippen LogP contribution in [0.3, 0.4) is 0 Å². The fraction of sp³-hybridized carbons (Fsp3) is 0.750. The number of aromatic nitrogens is 2. The van der Waals surface area contributed by atoms with E-state index >= 15 is 0 Å². The number of nitrogens with one attached hydrogen (secondary N) is 1. The monoisotopic (exact) mass is 205 g/mol. The van der Waals surface area contributed by atoms with Gasteiger partial charge in [-0.05, 0) is 37.6 Å². The fourth-order valence-corrected chi connectivity index (χ4v) is 2.62. The van der Waals surface area contributed by atoms with E-state index in [1.54, 1.807) is 0 Å². The van der Waals surface area contributed by atoms with E-state index in [2.05, 4.69) is 21.8 Å². The van der Waals surface area contributed by atoms with Crippen molar-refractivity contribution in [3.8, 4) is 0 Å². The van der Waals surface area contributed by atoms with Crippen LogP contribution in [0.5, 0.6) is 0 Å². The van der Waals surface area contributed by atoms with Crippen molar-refractivity contribution in [3.05, 3.63) is 18.2 Å². The molecular formula is C12H19N3. The van der Waals surface area contributed by atoms with E-state index in [1.165, 1.54) is 31.5 Å². The first-order valence-electron chi connectivity index (χ1n) is 6.08. The molecule has 2 unspecified atom stereocenters. The molecular weight excluding hydrogens is 186 g/mol. The van der Waals surface area contributed by atoms with Crippen molar-refractivity contribution in [3.63, 3.8) is 0 Å². The van der Waals surface area contributed by atoms with Crippen LogP contribution in [0.25, 0.3) is 0 Å². The Morgan fingerprint density at radius 3 is 3.13 bits per heavy atom. The van der Waals surface area contributed by atoms with Gasteiger partial charge in [0.05, 0.1) is 12.0 Å². The topological polar surface area (TPSA) is 29.9 Å². The van der Waals surface area contributed by atoms with Crippen LogP contribution >= 0.6 is 0 Å². The smallest absolute Gasteiger partial charge is 0.0948 e. The Morgan fingerprint density at radius 1 is 1.60 bits per heavy atom. The molecule has 3 heteroatoms. The lowest BCUT2D eigenvalue weighted by Crippen LogP contribution is -2.17. The van der Waals surface area contributed by atoms with Crippen LogP contribution in [-0.4, -0.2) is 16.1 Å².